The Balaban J connectivity index is 3.29. The van der Waals surface area contributed by atoms with E-state index in [9.17, 15) is 9.59 Å². The Kier molecular flexibility index (Phi) is 4.74. The second-order valence-corrected chi connectivity index (χ2v) is 4.46. The molecule has 0 saturated heterocycles. The SMILES string of the molecule is COC(=O)c1cc(N)ccc1N(CC(N)=O)C(C)C. The minimum absolute atomic E-state index is 0.000435. The van der Waals surface area contributed by atoms with Gasteiger partial charge in [-0.05, 0) is 32.0 Å². The number of nitrogens with two attached hydrogens (primary N) is 2. The first-order valence-electron chi connectivity index (χ1n) is 5.89. The molecular weight excluding hydrogens is 246 g/mol. The van der Waals surface area contributed by atoms with Crippen LogP contribution < -0.4 is 16.4 Å². The molecule has 0 aliphatic heterocycles. The van der Waals surface area contributed by atoms with E-state index in [1.807, 2.05) is 13.8 Å². The second-order valence-electron chi connectivity index (χ2n) is 4.46. The molecule has 0 bridgehead atoms. The van der Waals surface area contributed by atoms with Gasteiger partial charge in [0, 0.05) is 11.7 Å². The van der Waals surface area contributed by atoms with Gasteiger partial charge in [0.25, 0.3) is 0 Å². The first-order valence-corrected chi connectivity index (χ1v) is 5.89. The highest BCUT2D eigenvalue weighted by Crippen LogP contribution is 2.25. The van der Waals surface area contributed by atoms with E-state index < -0.39 is 11.9 Å². The van der Waals surface area contributed by atoms with Crippen LogP contribution in [0.3, 0.4) is 0 Å². The number of ether oxygens (including phenoxy) is 1. The molecular formula is C13H19N3O3. The van der Waals surface area contributed by atoms with Crippen molar-refractivity contribution in [2.75, 3.05) is 24.3 Å². The molecule has 0 aliphatic carbocycles. The summed E-state index contributed by atoms with van der Waals surface area (Å²) >= 11 is 0. The van der Waals surface area contributed by atoms with Gasteiger partial charge in [-0.25, -0.2) is 4.79 Å². The molecule has 0 fully saturated rings. The lowest BCUT2D eigenvalue weighted by atomic mass is 10.1. The number of anilines is 2. The van der Waals surface area contributed by atoms with Crippen molar-refractivity contribution in [1.82, 2.24) is 0 Å². The largest absolute Gasteiger partial charge is 0.465 e. The minimum Gasteiger partial charge on any atom is -0.465 e. The molecule has 0 saturated carbocycles. The van der Waals surface area contributed by atoms with Crippen LogP contribution in [0.25, 0.3) is 0 Å². The van der Waals surface area contributed by atoms with Gasteiger partial charge in [0.05, 0.1) is 24.9 Å². The van der Waals surface area contributed by atoms with E-state index in [1.54, 1.807) is 17.0 Å². The summed E-state index contributed by atoms with van der Waals surface area (Å²) in [6, 6.07) is 4.87. The minimum atomic E-state index is -0.502. The molecule has 0 aliphatic rings. The highest BCUT2D eigenvalue weighted by atomic mass is 16.5. The van der Waals surface area contributed by atoms with Gasteiger partial charge in [-0.3, -0.25) is 4.79 Å². The standard InChI is InChI=1S/C13H19N3O3/c1-8(2)16(7-12(15)17)11-5-4-9(14)6-10(11)13(18)19-3/h4-6,8H,7,14H2,1-3H3,(H2,15,17). The number of amides is 1. The summed E-state index contributed by atoms with van der Waals surface area (Å²) < 4.78 is 4.73. The quantitative estimate of drug-likeness (QED) is 0.604. The Bertz CT molecular complexity index is 486. The van der Waals surface area contributed by atoms with Gasteiger partial charge in [-0.1, -0.05) is 0 Å². The van der Waals surface area contributed by atoms with Gasteiger partial charge < -0.3 is 21.1 Å². The number of benzene rings is 1. The number of methoxy groups -OCH3 is 1. The number of hydrogen-bond acceptors (Lipinski definition) is 5. The van der Waals surface area contributed by atoms with Gasteiger partial charge in [0.2, 0.25) is 5.91 Å². The number of nitrogen functional groups attached to an aromatic ring is 1. The first kappa shape index (κ1) is 14.8. The number of hydrogen-bond donors (Lipinski definition) is 2. The van der Waals surface area contributed by atoms with Crippen molar-refractivity contribution < 1.29 is 14.3 Å². The lowest BCUT2D eigenvalue weighted by Crippen LogP contribution is -2.39. The number of nitrogens with zero attached hydrogens (tertiary/aromatic N) is 1. The number of rotatable bonds is 5. The summed E-state index contributed by atoms with van der Waals surface area (Å²) in [5.74, 6) is -0.973. The third-order valence-electron chi connectivity index (χ3n) is 2.68. The number of esters is 1. The van der Waals surface area contributed by atoms with Crippen LogP contribution >= 0.6 is 0 Å². The second kappa shape index (κ2) is 6.08. The smallest absolute Gasteiger partial charge is 0.340 e. The van der Waals surface area contributed by atoms with Crippen LogP contribution in [0.4, 0.5) is 11.4 Å². The zero-order chi connectivity index (χ0) is 14.6. The highest BCUT2D eigenvalue weighted by Gasteiger charge is 2.20. The predicted octanol–water partition coefficient (Wildman–Crippen LogP) is 0.755. The van der Waals surface area contributed by atoms with Crippen molar-refractivity contribution in [3.05, 3.63) is 23.8 Å². The molecule has 1 rings (SSSR count). The number of carbonyl (C=O) groups is 2. The van der Waals surface area contributed by atoms with Crippen molar-refractivity contribution >= 4 is 23.3 Å². The average molecular weight is 265 g/mol. The topological polar surface area (TPSA) is 98.7 Å². The van der Waals surface area contributed by atoms with Gasteiger partial charge in [-0.2, -0.15) is 0 Å². The fourth-order valence-corrected chi connectivity index (χ4v) is 1.79. The summed E-state index contributed by atoms with van der Waals surface area (Å²) in [5.41, 5.74) is 12.3. The van der Waals surface area contributed by atoms with E-state index in [2.05, 4.69) is 0 Å². The van der Waals surface area contributed by atoms with E-state index in [0.29, 0.717) is 16.9 Å². The molecule has 6 nitrogen and oxygen atoms in total. The molecule has 0 aromatic heterocycles. The normalized spacial score (nSPS) is 10.3. The molecule has 4 N–H and O–H groups in total. The van der Waals surface area contributed by atoms with E-state index in [0.717, 1.165) is 0 Å². The summed E-state index contributed by atoms with van der Waals surface area (Å²) in [5, 5.41) is 0. The fraction of sp³-hybridized carbons (Fsp3) is 0.385. The van der Waals surface area contributed by atoms with Gasteiger partial charge in [0.1, 0.15) is 0 Å². The molecule has 0 atom stereocenters. The third kappa shape index (κ3) is 3.61. The molecule has 1 aromatic carbocycles. The Hall–Kier alpha value is -2.24. The lowest BCUT2D eigenvalue weighted by Gasteiger charge is -2.29. The zero-order valence-electron chi connectivity index (χ0n) is 11.3. The number of carbonyl (C=O) groups excluding carboxylic acids is 2. The lowest BCUT2D eigenvalue weighted by molar-refractivity contribution is -0.116. The Morgan fingerprint density at radius 1 is 1.37 bits per heavy atom. The van der Waals surface area contributed by atoms with Gasteiger partial charge in [-0.15, -0.1) is 0 Å². The molecule has 19 heavy (non-hydrogen) atoms. The summed E-state index contributed by atoms with van der Waals surface area (Å²) in [6.07, 6.45) is 0. The molecule has 0 spiro atoms. The zero-order valence-corrected chi connectivity index (χ0v) is 11.3. The maximum Gasteiger partial charge on any atom is 0.340 e. The Labute approximate surface area is 112 Å². The van der Waals surface area contributed by atoms with Crippen LogP contribution in [0.1, 0.15) is 24.2 Å². The summed E-state index contributed by atoms with van der Waals surface area (Å²) in [4.78, 5) is 24.7. The van der Waals surface area contributed by atoms with Crippen molar-refractivity contribution in [3.63, 3.8) is 0 Å². The molecule has 1 amide bonds. The van der Waals surface area contributed by atoms with Crippen LogP contribution in [0.15, 0.2) is 18.2 Å². The van der Waals surface area contributed by atoms with Gasteiger partial charge >= 0.3 is 5.97 Å². The van der Waals surface area contributed by atoms with Crippen LogP contribution in [0.2, 0.25) is 0 Å². The summed E-state index contributed by atoms with van der Waals surface area (Å²) in [7, 11) is 1.29. The number of primary amides is 1. The van der Waals surface area contributed by atoms with E-state index in [4.69, 9.17) is 16.2 Å². The maximum absolute atomic E-state index is 11.8. The summed E-state index contributed by atoms with van der Waals surface area (Å²) in [6.45, 7) is 3.83. The predicted molar refractivity (Wildman–Crippen MR) is 73.9 cm³/mol. The first-order chi connectivity index (χ1) is 8.86. The monoisotopic (exact) mass is 265 g/mol. The molecule has 0 radical (unpaired) electrons. The van der Waals surface area contributed by atoms with Crippen LogP contribution in [-0.2, 0) is 9.53 Å². The highest BCUT2D eigenvalue weighted by molar-refractivity contribution is 5.97. The van der Waals surface area contributed by atoms with Crippen molar-refractivity contribution in [2.24, 2.45) is 5.73 Å². The molecule has 6 heteroatoms. The molecule has 0 heterocycles. The van der Waals surface area contributed by atoms with Gasteiger partial charge in [0.15, 0.2) is 0 Å². The van der Waals surface area contributed by atoms with E-state index in [1.165, 1.54) is 13.2 Å². The van der Waals surface area contributed by atoms with Crippen molar-refractivity contribution in [2.45, 2.75) is 19.9 Å². The van der Waals surface area contributed by atoms with Crippen LogP contribution in [0, 0.1) is 0 Å². The van der Waals surface area contributed by atoms with Crippen molar-refractivity contribution in [3.8, 4) is 0 Å². The Morgan fingerprint density at radius 3 is 2.47 bits per heavy atom. The van der Waals surface area contributed by atoms with Crippen molar-refractivity contribution in [1.29, 1.82) is 0 Å². The van der Waals surface area contributed by atoms with E-state index in [-0.39, 0.29) is 12.6 Å². The molecule has 0 unspecified atom stereocenters. The van der Waals surface area contributed by atoms with Crippen LogP contribution in [-0.4, -0.2) is 31.6 Å². The maximum atomic E-state index is 11.8. The average Bonchev–Trinajstić information content (AvgIpc) is 2.34. The third-order valence-corrected chi connectivity index (χ3v) is 2.68. The fourth-order valence-electron chi connectivity index (χ4n) is 1.79. The van der Waals surface area contributed by atoms with E-state index >= 15 is 0 Å². The van der Waals surface area contributed by atoms with Crippen LogP contribution in [0.5, 0.6) is 0 Å². The molecule has 104 valence electrons. The molecule has 1 aromatic rings. The Morgan fingerprint density at radius 2 is 2.00 bits per heavy atom.